The fraction of sp³-hybridized carbons (Fsp3) is 0.375. The minimum Gasteiger partial charge on any atom is -0.448 e. The van der Waals surface area contributed by atoms with Gasteiger partial charge >= 0.3 is 5.97 Å². The lowest BCUT2D eigenvalue weighted by atomic mass is 9.83. The van der Waals surface area contributed by atoms with Crippen molar-refractivity contribution in [2.45, 2.75) is 57.6 Å². The second-order valence-electron chi connectivity index (χ2n) is 8.01. The molecule has 4 rings (SSSR count). The topological polar surface area (TPSA) is 92.3 Å². The largest absolute Gasteiger partial charge is 0.448 e. The molecule has 0 bridgehead atoms. The SMILES string of the molecule is Cc1c(C(=O)O[C@H](C)C(=O)NC2(C#N)CCCCC2)oc2c1ccc1ccccc12. The van der Waals surface area contributed by atoms with E-state index < -0.39 is 23.5 Å². The number of rotatable bonds is 4. The molecule has 154 valence electrons. The van der Waals surface area contributed by atoms with Crippen LogP contribution in [-0.4, -0.2) is 23.5 Å². The molecule has 1 amide bonds. The van der Waals surface area contributed by atoms with Gasteiger partial charge in [-0.15, -0.1) is 0 Å². The average Bonchev–Trinajstić information content (AvgIpc) is 3.11. The van der Waals surface area contributed by atoms with Crippen LogP contribution in [0.15, 0.2) is 40.8 Å². The van der Waals surface area contributed by atoms with Crippen LogP contribution >= 0.6 is 0 Å². The van der Waals surface area contributed by atoms with Gasteiger partial charge in [-0.3, -0.25) is 4.79 Å². The van der Waals surface area contributed by atoms with Crippen LogP contribution in [0, 0.1) is 18.3 Å². The van der Waals surface area contributed by atoms with E-state index in [1.54, 1.807) is 6.92 Å². The predicted octanol–water partition coefficient (Wildman–Crippen LogP) is 4.78. The van der Waals surface area contributed by atoms with E-state index in [0.717, 1.165) is 35.4 Å². The van der Waals surface area contributed by atoms with Gasteiger partial charge in [-0.25, -0.2) is 4.79 Å². The number of nitrogens with one attached hydrogen (secondary N) is 1. The van der Waals surface area contributed by atoms with E-state index in [1.807, 2.05) is 36.4 Å². The van der Waals surface area contributed by atoms with Crippen molar-refractivity contribution in [3.05, 3.63) is 47.7 Å². The number of carbonyl (C=O) groups excluding carboxylic acids is 2. The molecule has 0 spiro atoms. The first kappa shape index (κ1) is 20.0. The van der Waals surface area contributed by atoms with Crippen LogP contribution in [0.5, 0.6) is 0 Å². The number of nitrogens with zero attached hydrogens (tertiary/aromatic N) is 1. The van der Waals surface area contributed by atoms with Crippen LogP contribution in [0.25, 0.3) is 21.7 Å². The fourth-order valence-corrected chi connectivity index (χ4v) is 4.17. The average molecular weight is 404 g/mol. The minimum atomic E-state index is -1.03. The number of hydrogen-bond acceptors (Lipinski definition) is 5. The lowest BCUT2D eigenvalue weighted by molar-refractivity contribution is -0.130. The predicted molar refractivity (Wildman–Crippen MR) is 113 cm³/mol. The molecule has 1 aliphatic carbocycles. The molecule has 1 N–H and O–H groups in total. The molecule has 3 aromatic rings. The summed E-state index contributed by atoms with van der Waals surface area (Å²) in [6.45, 7) is 3.31. The number of hydrogen-bond donors (Lipinski definition) is 1. The molecular weight excluding hydrogens is 380 g/mol. The molecule has 6 heteroatoms. The quantitative estimate of drug-likeness (QED) is 0.632. The molecular formula is C24H24N2O4. The zero-order valence-corrected chi connectivity index (χ0v) is 17.2. The smallest absolute Gasteiger partial charge is 0.375 e. The molecule has 0 unspecified atom stereocenters. The third-order valence-corrected chi connectivity index (χ3v) is 5.95. The van der Waals surface area contributed by atoms with Crippen molar-refractivity contribution in [2.75, 3.05) is 0 Å². The maximum Gasteiger partial charge on any atom is 0.375 e. The molecule has 1 aromatic heterocycles. The summed E-state index contributed by atoms with van der Waals surface area (Å²) in [4.78, 5) is 25.4. The van der Waals surface area contributed by atoms with Crippen LogP contribution in [0.1, 0.15) is 55.1 Å². The molecule has 1 saturated carbocycles. The van der Waals surface area contributed by atoms with Crippen LogP contribution in [0.4, 0.5) is 0 Å². The number of furan rings is 1. The van der Waals surface area contributed by atoms with Gasteiger partial charge in [0.2, 0.25) is 5.76 Å². The highest BCUT2D eigenvalue weighted by atomic mass is 16.6. The van der Waals surface area contributed by atoms with Crippen molar-refractivity contribution in [3.63, 3.8) is 0 Å². The van der Waals surface area contributed by atoms with Gasteiger partial charge in [0.15, 0.2) is 6.10 Å². The van der Waals surface area contributed by atoms with Gasteiger partial charge in [-0.1, -0.05) is 55.7 Å². The molecule has 1 fully saturated rings. The Labute approximate surface area is 174 Å². The first-order valence-electron chi connectivity index (χ1n) is 10.3. The fourth-order valence-electron chi connectivity index (χ4n) is 4.17. The number of nitriles is 1. The van der Waals surface area contributed by atoms with E-state index in [4.69, 9.17) is 9.15 Å². The van der Waals surface area contributed by atoms with E-state index in [1.165, 1.54) is 6.92 Å². The Kier molecular flexibility index (Phi) is 5.21. The maximum atomic E-state index is 12.8. The Morgan fingerprint density at radius 1 is 1.13 bits per heavy atom. The number of esters is 1. The summed E-state index contributed by atoms with van der Waals surface area (Å²) in [5.74, 6) is -1.07. The third-order valence-electron chi connectivity index (χ3n) is 5.95. The number of ether oxygens (including phenoxy) is 1. The Hall–Kier alpha value is -3.33. The van der Waals surface area contributed by atoms with E-state index in [9.17, 15) is 14.9 Å². The highest BCUT2D eigenvalue weighted by Crippen LogP contribution is 2.32. The zero-order valence-electron chi connectivity index (χ0n) is 17.2. The summed E-state index contributed by atoms with van der Waals surface area (Å²) in [6, 6.07) is 13.9. The molecule has 1 atom stereocenters. The molecule has 6 nitrogen and oxygen atoms in total. The van der Waals surface area contributed by atoms with Gasteiger partial charge in [-0.05, 0) is 32.1 Å². The first-order valence-corrected chi connectivity index (χ1v) is 10.3. The van der Waals surface area contributed by atoms with Gasteiger partial charge in [0.25, 0.3) is 5.91 Å². The summed E-state index contributed by atoms with van der Waals surface area (Å²) in [5, 5.41) is 15.1. The first-order chi connectivity index (χ1) is 14.4. The number of amides is 1. The van der Waals surface area contributed by atoms with Gasteiger partial charge in [0, 0.05) is 16.3 Å². The molecule has 1 aliphatic rings. The summed E-state index contributed by atoms with van der Waals surface area (Å²) in [7, 11) is 0. The Bertz CT molecular complexity index is 1170. The highest BCUT2D eigenvalue weighted by molar-refractivity contribution is 6.08. The molecule has 1 heterocycles. The van der Waals surface area contributed by atoms with Gasteiger partial charge in [0.05, 0.1) is 6.07 Å². The number of aryl methyl sites for hydroxylation is 1. The van der Waals surface area contributed by atoms with Crippen LogP contribution < -0.4 is 5.32 Å². The molecule has 2 aromatic carbocycles. The lowest BCUT2D eigenvalue weighted by Gasteiger charge is -2.32. The minimum absolute atomic E-state index is 0.0914. The maximum absolute atomic E-state index is 12.8. The van der Waals surface area contributed by atoms with E-state index in [2.05, 4.69) is 11.4 Å². The van der Waals surface area contributed by atoms with E-state index in [-0.39, 0.29) is 5.76 Å². The van der Waals surface area contributed by atoms with Crippen molar-refractivity contribution in [1.29, 1.82) is 5.26 Å². The molecule has 0 radical (unpaired) electrons. The van der Waals surface area contributed by atoms with Gasteiger partial charge in [-0.2, -0.15) is 5.26 Å². The van der Waals surface area contributed by atoms with E-state index >= 15 is 0 Å². The zero-order chi connectivity index (χ0) is 21.3. The van der Waals surface area contributed by atoms with Crippen LogP contribution in [-0.2, 0) is 9.53 Å². The van der Waals surface area contributed by atoms with Crippen molar-refractivity contribution in [2.24, 2.45) is 0 Å². The standard InChI is InChI=1S/C24H24N2O4/c1-15-18-11-10-17-8-4-5-9-19(17)21(18)30-20(15)23(28)29-16(2)22(27)26-24(14-25)12-6-3-7-13-24/h4-5,8-11,16H,3,6-7,12-13H2,1-2H3,(H,26,27)/t16-/m1/s1. The second kappa shape index (κ2) is 7.83. The molecule has 0 aliphatic heterocycles. The van der Waals surface area contributed by atoms with Crippen LogP contribution in [0.3, 0.4) is 0 Å². The van der Waals surface area contributed by atoms with E-state index in [0.29, 0.717) is 24.0 Å². The molecule has 30 heavy (non-hydrogen) atoms. The van der Waals surface area contributed by atoms with Gasteiger partial charge in [0.1, 0.15) is 11.1 Å². The lowest BCUT2D eigenvalue weighted by Crippen LogP contribution is -2.52. The van der Waals surface area contributed by atoms with Crippen LogP contribution in [0.2, 0.25) is 0 Å². The Balaban J connectivity index is 1.54. The number of carbonyl (C=O) groups is 2. The normalized spacial score (nSPS) is 16.7. The summed E-state index contributed by atoms with van der Waals surface area (Å²) >= 11 is 0. The second-order valence-corrected chi connectivity index (χ2v) is 8.01. The number of benzene rings is 2. The van der Waals surface area contributed by atoms with Gasteiger partial charge < -0.3 is 14.5 Å². The van der Waals surface area contributed by atoms with Crippen molar-refractivity contribution in [3.8, 4) is 6.07 Å². The highest BCUT2D eigenvalue weighted by Gasteiger charge is 2.36. The van der Waals surface area contributed by atoms with Crippen molar-refractivity contribution >= 4 is 33.6 Å². The summed E-state index contributed by atoms with van der Waals surface area (Å²) in [6.07, 6.45) is 3.05. The molecule has 0 saturated heterocycles. The Morgan fingerprint density at radius 2 is 1.87 bits per heavy atom. The summed E-state index contributed by atoms with van der Waals surface area (Å²) < 4.78 is 11.3. The number of fused-ring (bicyclic) bond motifs is 3. The summed E-state index contributed by atoms with van der Waals surface area (Å²) in [5.41, 5.74) is 0.430. The van der Waals surface area contributed by atoms with Crippen molar-refractivity contribution < 1.29 is 18.7 Å². The third kappa shape index (κ3) is 3.52. The van der Waals surface area contributed by atoms with Crippen molar-refractivity contribution in [1.82, 2.24) is 5.32 Å². The Morgan fingerprint density at radius 3 is 2.60 bits per heavy atom. The monoisotopic (exact) mass is 404 g/mol.